The van der Waals surface area contributed by atoms with Gasteiger partial charge in [-0.15, -0.1) is 0 Å². The Labute approximate surface area is 144 Å². The Kier molecular flexibility index (Phi) is 6.29. The SMILES string of the molecule is CCCCOc1ccc(N2CCN(C(=O)OC(C)(C)C)CC2)cn1. The van der Waals surface area contributed by atoms with E-state index in [2.05, 4.69) is 16.8 Å². The van der Waals surface area contributed by atoms with Crippen LogP contribution in [0.4, 0.5) is 10.5 Å². The molecule has 1 fully saturated rings. The van der Waals surface area contributed by atoms with Crippen LogP contribution in [0.25, 0.3) is 0 Å². The summed E-state index contributed by atoms with van der Waals surface area (Å²) in [5.41, 5.74) is 0.604. The van der Waals surface area contributed by atoms with E-state index in [-0.39, 0.29) is 6.09 Å². The molecule has 6 heteroatoms. The lowest BCUT2D eigenvalue weighted by Gasteiger charge is -2.36. The molecule has 2 heterocycles. The van der Waals surface area contributed by atoms with Gasteiger partial charge in [0.2, 0.25) is 5.88 Å². The van der Waals surface area contributed by atoms with Crippen molar-refractivity contribution >= 4 is 11.8 Å². The van der Waals surface area contributed by atoms with E-state index < -0.39 is 5.60 Å². The van der Waals surface area contributed by atoms with Crippen LogP contribution in [0.15, 0.2) is 18.3 Å². The van der Waals surface area contributed by atoms with Crippen LogP contribution in [0.2, 0.25) is 0 Å². The van der Waals surface area contributed by atoms with E-state index in [4.69, 9.17) is 9.47 Å². The monoisotopic (exact) mass is 335 g/mol. The summed E-state index contributed by atoms with van der Waals surface area (Å²) in [6.45, 7) is 11.4. The van der Waals surface area contributed by atoms with Gasteiger partial charge in [-0.1, -0.05) is 13.3 Å². The topological polar surface area (TPSA) is 54.9 Å². The molecule has 0 aromatic carbocycles. The first-order valence-electron chi connectivity index (χ1n) is 8.71. The van der Waals surface area contributed by atoms with Gasteiger partial charge in [0.25, 0.3) is 0 Å². The van der Waals surface area contributed by atoms with Gasteiger partial charge >= 0.3 is 6.09 Å². The van der Waals surface area contributed by atoms with Crippen molar-refractivity contribution in [3.63, 3.8) is 0 Å². The summed E-state index contributed by atoms with van der Waals surface area (Å²) in [5, 5.41) is 0. The van der Waals surface area contributed by atoms with Gasteiger partial charge in [0.1, 0.15) is 5.60 Å². The number of anilines is 1. The number of hydrogen-bond donors (Lipinski definition) is 0. The van der Waals surface area contributed by atoms with Gasteiger partial charge in [-0.3, -0.25) is 0 Å². The molecule has 0 saturated carbocycles. The average molecular weight is 335 g/mol. The van der Waals surface area contributed by atoms with Crippen LogP contribution in [0, 0.1) is 0 Å². The minimum Gasteiger partial charge on any atom is -0.478 e. The van der Waals surface area contributed by atoms with E-state index in [9.17, 15) is 4.79 Å². The maximum absolute atomic E-state index is 12.1. The molecule has 2 rings (SSSR count). The molecule has 0 spiro atoms. The molecule has 24 heavy (non-hydrogen) atoms. The highest BCUT2D eigenvalue weighted by molar-refractivity contribution is 5.68. The number of ether oxygens (including phenoxy) is 2. The predicted molar refractivity (Wildman–Crippen MR) is 94.7 cm³/mol. The van der Waals surface area contributed by atoms with Gasteiger partial charge in [-0.2, -0.15) is 0 Å². The van der Waals surface area contributed by atoms with Gasteiger partial charge in [0.15, 0.2) is 0 Å². The Hall–Kier alpha value is -1.98. The molecule has 1 aromatic heterocycles. The second-order valence-electron chi connectivity index (χ2n) is 7.01. The summed E-state index contributed by atoms with van der Waals surface area (Å²) in [4.78, 5) is 20.4. The highest BCUT2D eigenvalue weighted by Crippen LogP contribution is 2.19. The molecule has 1 amide bonds. The van der Waals surface area contributed by atoms with E-state index in [1.165, 1.54) is 0 Å². The van der Waals surface area contributed by atoms with Gasteiger partial charge in [0.05, 0.1) is 18.5 Å². The van der Waals surface area contributed by atoms with Crippen LogP contribution in [0.5, 0.6) is 5.88 Å². The van der Waals surface area contributed by atoms with Crippen LogP contribution >= 0.6 is 0 Å². The summed E-state index contributed by atoms with van der Waals surface area (Å²) in [6, 6.07) is 3.93. The number of carbonyl (C=O) groups is 1. The smallest absolute Gasteiger partial charge is 0.410 e. The van der Waals surface area contributed by atoms with E-state index in [0.29, 0.717) is 25.6 Å². The highest BCUT2D eigenvalue weighted by Gasteiger charge is 2.25. The van der Waals surface area contributed by atoms with Gasteiger partial charge in [0, 0.05) is 32.2 Å². The third-order valence-electron chi connectivity index (χ3n) is 3.77. The van der Waals surface area contributed by atoms with Crippen molar-refractivity contribution in [1.29, 1.82) is 0 Å². The third-order valence-corrected chi connectivity index (χ3v) is 3.77. The number of aromatic nitrogens is 1. The number of unbranched alkanes of at least 4 members (excludes halogenated alkanes) is 1. The standard InChI is InChI=1S/C18H29N3O3/c1-5-6-13-23-16-8-7-15(14-19-16)20-9-11-21(12-10-20)17(22)24-18(2,3)4/h7-8,14H,5-6,9-13H2,1-4H3. The molecule has 0 radical (unpaired) electrons. The minimum atomic E-state index is -0.453. The lowest BCUT2D eigenvalue weighted by atomic mass is 10.2. The molecule has 1 aliphatic heterocycles. The lowest BCUT2D eigenvalue weighted by Crippen LogP contribution is -2.50. The van der Waals surface area contributed by atoms with Gasteiger partial charge < -0.3 is 19.3 Å². The number of rotatable bonds is 5. The molecule has 6 nitrogen and oxygen atoms in total. The summed E-state index contributed by atoms with van der Waals surface area (Å²) in [7, 11) is 0. The molecule has 0 atom stereocenters. The van der Waals surface area contributed by atoms with Crippen molar-refractivity contribution in [1.82, 2.24) is 9.88 Å². The molecule has 0 aliphatic carbocycles. The Morgan fingerprint density at radius 1 is 1.21 bits per heavy atom. The molecule has 134 valence electrons. The fraction of sp³-hybridized carbons (Fsp3) is 0.667. The molecule has 0 bridgehead atoms. The van der Waals surface area contributed by atoms with Crippen LogP contribution < -0.4 is 9.64 Å². The molecule has 1 saturated heterocycles. The predicted octanol–water partition coefficient (Wildman–Crippen LogP) is 3.32. The summed E-state index contributed by atoms with van der Waals surface area (Å²) in [5.74, 6) is 0.666. The number of nitrogens with zero attached hydrogens (tertiary/aromatic N) is 3. The quantitative estimate of drug-likeness (QED) is 0.773. The number of piperazine rings is 1. The fourth-order valence-electron chi connectivity index (χ4n) is 2.44. The maximum atomic E-state index is 12.1. The van der Waals surface area contributed by atoms with E-state index in [1.807, 2.05) is 39.1 Å². The zero-order valence-electron chi connectivity index (χ0n) is 15.2. The van der Waals surface area contributed by atoms with E-state index in [0.717, 1.165) is 31.6 Å². The zero-order chi connectivity index (χ0) is 17.6. The number of carbonyl (C=O) groups excluding carboxylic acids is 1. The van der Waals surface area contributed by atoms with Gasteiger partial charge in [-0.25, -0.2) is 9.78 Å². The molecular weight excluding hydrogens is 306 g/mol. The van der Waals surface area contributed by atoms with Crippen molar-refractivity contribution in [2.75, 3.05) is 37.7 Å². The largest absolute Gasteiger partial charge is 0.478 e. The number of pyridine rings is 1. The van der Waals surface area contributed by atoms with Crippen LogP contribution in [0.1, 0.15) is 40.5 Å². The summed E-state index contributed by atoms with van der Waals surface area (Å²) in [6.07, 6.45) is 3.75. The van der Waals surface area contributed by atoms with Crippen molar-refractivity contribution in [3.8, 4) is 5.88 Å². The third kappa shape index (κ3) is 5.58. The lowest BCUT2D eigenvalue weighted by molar-refractivity contribution is 0.0240. The first kappa shape index (κ1) is 18.4. The van der Waals surface area contributed by atoms with Crippen molar-refractivity contribution < 1.29 is 14.3 Å². The second kappa shape index (κ2) is 8.22. The van der Waals surface area contributed by atoms with Crippen molar-refractivity contribution in [3.05, 3.63) is 18.3 Å². The highest BCUT2D eigenvalue weighted by atomic mass is 16.6. The maximum Gasteiger partial charge on any atom is 0.410 e. The average Bonchev–Trinajstić information content (AvgIpc) is 2.54. The molecule has 1 aromatic rings. The first-order chi connectivity index (χ1) is 11.4. The normalized spacial score (nSPS) is 15.3. The fourth-order valence-corrected chi connectivity index (χ4v) is 2.44. The molecule has 0 unspecified atom stereocenters. The van der Waals surface area contributed by atoms with E-state index in [1.54, 1.807) is 4.90 Å². The minimum absolute atomic E-state index is 0.236. The van der Waals surface area contributed by atoms with Crippen molar-refractivity contribution in [2.45, 2.75) is 46.1 Å². The molecular formula is C18H29N3O3. The summed E-state index contributed by atoms with van der Waals surface area (Å²) < 4.78 is 11.0. The zero-order valence-corrected chi connectivity index (χ0v) is 15.2. The van der Waals surface area contributed by atoms with Crippen molar-refractivity contribution in [2.24, 2.45) is 0 Å². The van der Waals surface area contributed by atoms with Gasteiger partial charge in [-0.05, 0) is 33.3 Å². The molecule has 1 aliphatic rings. The van der Waals surface area contributed by atoms with Crippen LogP contribution in [0.3, 0.4) is 0 Å². The Bertz CT molecular complexity index is 517. The Morgan fingerprint density at radius 3 is 2.46 bits per heavy atom. The number of amides is 1. The number of hydrogen-bond acceptors (Lipinski definition) is 5. The van der Waals surface area contributed by atoms with Crippen LogP contribution in [-0.4, -0.2) is 54.4 Å². The summed E-state index contributed by atoms with van der Waals surface area (Å²) >= 11 is 0. The molecule has 0 N–H and O–H groups in total. The van der Waals surface area contributed by atoms with E-state index >= 15 is 0 Å². The first-order valence-corrected chi connectivity index (χ1v) is 8.71. The van der Waals surface area contributed by atoms with Crippen LogP contribution in [-0.2, 0) is 4.74 Å². The second-order valence-corrected chi connectivity index (χ2v) is 7.01. The Morgan fingerprint density at radius 2 is 1.92 bits per heavy atom. The Balaban J connectivity index is 1.82.